The second-order valence-corrected chi connectivity index (χ2v) is 11.4. The Labute approximate surface area is 221 Å². The van der Waals surface area contributed by atoms with Crippen LogP contribution in [0.2, 0.25) is 0 Å². The van der Waals surface area contributed by atoms with Gasteiger partial charge in [0.25, 0.3) is 0 Å². The molecule has 1 amide bonds. The van der Waals surface area contributed by atoms with Gasteiger partial charge in [-0.1, -0.05) is 105 Å². The number of carbonyl (C=O) groups excluding carboxylic acids is 3. The van der Waals surface area contributed by atoms with E-state index in [0.717, 1.165) is 44.9 Å². The SMILES string of the molecule is CCCCCCCCCCC[C@@H](C[C@@H]1OC(=O)[C@H]1CCCC(C)CC)OC(=O)C(CC(C)C)NC=O. The smallest absolute Gasteiger partial charge is 0.328 e. The van der Waals surface area contributed by atoms with E-state index in [9.17, 15) is 14.4 Å². The Morgan fingerprint density at radius 1 is 0.972 bits per heavy atom. The van der Waals surface area contributed by atoms with Crippen molar-refractivity contribution in [3.63, 3.8) is 0 Å². The first-order chi connectivity index (χ1) is 17.3. The van der Waals surface area contributed by atoms with Crippen molar-refractivity contribution in [2.75, 3.05) is 0 Å². The van der Waals surface area contributed by atoms with Crippen LogP contribution in [0.25, 0.3) is 0 Å². The predicted octanol–water partition coefficient (Wildman–Crippen LogP) is 7.13. The van der Waals surface area contributed by atoms with Gasteiger partial charge >= 0.3 is 11.9 Å². The van der Waals surface area contributed by atoms with Crippen LogP contribution in [0.5, 0.6) is 0 Å². The quantitative estimate of drug-likeness (QED) is 0.0900. The molecule has 36 heavy (non-hydrogen) atoms. The first-order valence-electron chi connectivity index (χ1n) is 14.9. The number of esters is 2. The average Bonchev–Trinajstić information content (AvgIpc) is 2.84. The number of carbonyl (C=O) groups is 3. The lowest BCUT2D eigenvalue weighted by molar-refractivity contribution is -0.190. The average molecular weight is 510 g/mol. The van der Waals surface area contributed by atoms with Gasteiger partial charge in [0.1, 0.15) is 18.2 Å². The number of nitrogens with one attached hydrogen (secondary N) is 1. The van der Waals surface area contributed by atoms with Crippen LogP contribution in [-0.4, -0.2) is 36.6 Å². The maximum absolute atomic E-state index is 12.9. The standard InChI is InChI=1S/C30H55NO5/c1-6-8-9-10-11-12-13-14-15-18-25(35-30(34)27(31-22-32)20-23(3)4)21-28-26(29(33)36-28)19-16-17-24(5)7-2/h22-28H,6-21H2,1-5H3,(H,31,32)/t24?,25-,26-,27?,28-/m0/s1. The number of unbranched alkanes of at least 4 members (excludes halogenated alkanes) is 8. The minimum atomic E-state index is -0.636. The Balaban J connectivity index is 2.61. The molecule has 0 saturated carbocycles. The van der Waals surface area contributed by atoms with Crippen LogP contribution in [0.3, 0.4) is 0 Å². The summed E-state index contributed by atoms with van der Waals surface area (Å²) in [5, 5.41) is 2.62. The minimum absolute atomic E-state index is 0.0852. The van der Waals surface area contributed by atoms with Gasteiger partial charge in [-0.3, -0.25) is 9.59 Å². The van der Waals surface area contributed by atoms with E-state index in [1.54, 1.807) is 0 Å². The van der Waals surface area contributed by atoms with Crippen molar-refractivity contribution >= 4 is 18.3 Å². The zero-order valence-electron chi connectivity index (χ0n) is 23.9. The highest BCUT2D eigenvalue weighted by Crippen LogP contribution is 2.33. The van der Waals surface area contributed by atoms with Crippen LogP contribution < -0.4 is 5.32 Å². The molecule has 1 N–H and O–H groups in total. The number of hydrogen-bond donors (Lipinski definition) is 1. The highest BCUT2D eigenvalue weighted by molar-refractivity contribution is 5.79. The van der Waals surface area contributed by atoms with E-state index in [4.69, 9.17) is 9.47 Å². The normalized spacial score (nSPS) is 19.8. The highest BCUT2D eigenvalue weighted by Gasteiger charge is 2.43. The zero-order chi connectivity index (χ0) is 26.8. The Kier molecular flexibility index (Phi) is 17.6. The molecule has 5 atom stereocenters. The Hall–Kier alpha value is -1.59. The van der Waals surface area contributed by atoms with Gasteiger partial charge in [0, 0.05) is 6.42 Å². The Morgan fingerprint density at radius 3 is 2.17 bits per heavy atom. The topological polar surface area (TPSA) is 81.7 Å². The lowest BCUT2D eigenvalue weighted by Gasteiger charge is -2.37. The lowest BCUT2D eigenvalue weighted by atomic mass is 9.85. The molecule has 1 heterocycles. The van der Waals surface area contributed by atoms with E-state index in [1.807, 2.05) is 13.8 Å². The summed E-state index contributed by atoms with van der Waals surface area (Å²) < 4.78 is 11.4. The maximum atomic E-state index is 12.9. The molecule has 0 aromatic rings. The van der Waals surface area contributed by atoms with Gasteiger partial charge in [-0.25, -0.2) is 4.79 Å². The van der Waals surface area contributed by atoms with E-state index in [-0.39, 0.29) is 36.0 Å². The molecule has 1 rings (SSSR count). The van der Waals surface area contributed by atoms with Crippen LogP contribution in [-0.2, 0) is 23.9 Å². The molecule has 1 saturated heterocycles. The van der Waals surface area contributed by atoms with Crippen LogP contribution in [0, 0.1) is 17.8 Å². The monoisotopic (exact) mass is 509 g/mol. The van der Waals surface area contributed by atoms with E-state index in [1.165, 1.54) is 44.9 Å². The molecule has 6 heteroatoms. The summed E-state index contributed by atoms with van der Waals surface area (Å²) in [6, 6.07) is -0.636. The number of hydrogen-bond acceptors (Lipinski definition) is 5. The fourth-order valence-electron chi connectivity index (χ4n) is 5.00. The molecule has 0 radical (unpaired) electrons. The van der Waals surface area contributed by atoms with Crippen molar-refractivity contribution in [2.24, 2.45) is 17.8 Å². The molecular weight excluding hydrogens is 454 g/mol. The van der Waals surface area contributed by atoms with E-state index in [2.05, 4.69) is 26.1 Å². The Morgan fingerprint density at radius 2 is 1.61 bits per heavy atom. The van der Waals surface area contributed by atoms with Gasteiger partial charge in [0.15, 0.2) is 0 Å². The molecule has 1 fully saturated rings. The van der Waals surface area contributed by atoms with E-state index in [0.29, 0.717) is 25.2 Å². The molecule has 6 nitrogen and oxygen atoms in total. The lowest BCUT2D eigenvalue weighted by Crippen LogP contribution is -2.48. The molecule has 0 aromatic carbocycles. The molecule has 1 aliphatic rings. The first-order valence-corrected chi connectivity index (χ1v) is 14.9. The summed E-state index contributed by atoms with van der Waals surface area (Å²) >= 11 is 0. The number of amides is 1. The maximum Gasteiger partial charge on any atom is 0.328 e. The minimum Gasteiger partial charge on any atom is -0.461 e. The van der Waals surface area contributed by atoms with Gasteiger partial charge in [-0.2, -0.15) is 0 Å². The third-order valence-electron chi connectivity index (χ3n) is 7.60. The van der Waals surface area contributed by atoms with Crippen LogP contribution in [0.4, 0.5) is 0 Å². The third kappa shape index (κ3) is 13.6. The zero-order valence-corrected chi connectivity index (χ0v) is 23.9. The molecule has 2 unspecified atom stereocenters. The molecule has 0 aliphatic carbocycles. The molecular formula is C30H55NO5. The van der Waals surface area contributed by atoms with Crippen LogP contribution >= 0.6 is 0 Å². The summed E-state index contributed by atoms with van der Waals surface area (Å²) in [5.74, 6) is 0.350. The van der Waals surface area contributed by atoms with Crippen molar-refractivity contribution in [3.05, 3.63) is 0 Å². The number of rotatable bonds is 23. The molecule has 0 aromatic heterocycles. The van der Waals surface area contributed by atoms with Gasteiger partial charge in [0.2, 0.25) is 6.41 Å². The van der Waals surface area contributed by atoms with E-state index >= 15 is 0 Å². The molecule has 0 bridgehead atoms. The van der Waals surface area contributed by atoms with Gasteiger partial charge in [0.05, 0.1) is 5.92 Å². The molecule has 210 valence electrons. The Bertz CT molecular complexity index is 608. The van der Waals surface area contributed by atoms with Crippen molar-refractivity contribution < 1.29 is 23.9 Å². The fraction of sp³-hybridized carbons (Fsp3) is 0.900. The molecule has 1 aliphatic heterocycles. The van der Waals surface area contributed by atoms with E-state index < -0.39 is 6.04 Å². The summed E-state index contributed by atoms with van der Waals surface area (Å²) in [7, 11) is 0. The summed E-state index contributed by atoms with van der Waals surface area (Å²) in [6.07, 6.45) is 17.2. The van der Waals surface area contributed by atoms with Crippen molar-refractivity contribution in [1.29, 1.82) is 0 Å². The second kappa shape index (κ2) is 19.5. The number of cyclic esters (lactones) is 1. The summed E-state index contributed by atoms with van der Waals surface area (Å²) in [5.41, 5.74) is 0. The molecule has 0 spiro atoms. The van der Waals surface area contributed by atoms with Crippen molar-refractivity contribution in [1.82, 2.24) is 5.32 Å². The highest BCUT2D eigenvalue weighted by atomic mass is 16.6. The van der Waals surface area contributed by atoms with Crippen LogP contribution in [0.15, 0.2) is 0 Å². The second-order valence-electron chi connectivity index (χ2n) is 11.4. The third-order valence-corrected chi connectivity index (χ3v) is 7.60. The first kappa shape index (κ1) is 32.4. The van der Waals surface area contributed by atoms with Gasteiger partial charge < -0.3 is 14.8 Å². The fourth-order valence-corrected chi connectivity index (χ4v) is 5.00. The van der Waals surface area contributed by atoms with Crippen LogP contribution in [0.1, 0.15) is 137 Å². The largest absolute Gasteiger partial charge is 0.461 e. The predicted molar refractivity (Wildman–Crippen MR) is 145 cm³/mol. The summed E-state index contributed by atoms with van der Waals surface area (Å²) in [6.45, 7) is 10.7. The van der Waals surface area contributed by atoms with Crippen molar-refractivity contribution in [3.8, 4) is 0 Å². The van der Waals surface area contributed by atoms with Gasteiger partial charge in [-0.05, 0) is 37.5 Å². The van der Waals surface area contributed by atoms with Crippen molar-refractivity contribution in [2.45, 2.75) is 156 Å². The van der Waals surface area contributed by atoms with Gasteiger partial charge in [-0.15, -0.1) is 0 Å². The number of ether oxygens (including phenoxy) is 2. The summed E-state index contributed by atoms with van der Waals surface area (Å²) in [4.78, 5) is 36.1.